The summed E-state index contributed by atoms with van der Waals surface area (Å²) in [6, 6.07) is 3.67. The molecule has 0 bridgehead atoms. The molecule has 1 heterocycles. The van der Waals surface area contributed by atoms with E-state index in [9.17, 15) is 4.79 Å². The van der Waals surface area contributed by atoms with E-state index >= 15 is 0 Å². The molecule has 0 aliphatic heterocycles. The minimum atomic E-state index is 0.126. The fourth-order valence-electron chi connectivity index (χ4n) is 0.986. The molecule has 14 heavy (non-hydrogen) atoms. The van der Waals surface area contributed by atoms with Gasteiger partial charge in [0.25, 0.3) is 0 Å². The summed E-state index contributed by atoms with van der Waals surface area (Å²) >= 11 is 0. The summed E-state index contributed by atoms with van der Waals surface area (Å²) in [7, 11) is 0. The van der Waals surface area contributed by atoms with Crippen LogP contribution in [0.15, 0.2) is 18.3 Å². The fraction of sp³-hybridized carbons (Fsp3) is 0.400. The van der Waals surface area contributed by atoms with Crippen molar-refractivity contribution in [1.82, 2.24) is 10.3 Å². The zero-order valence-corrected chi connectivity index (χ0v) is 8.36. The molecule has 1 amide bonds. The maximum Gasteiger partial charge on any atom is 0.213 e. The molecule has 0 unspecified atom stereocenters. The molecule has 0 atom stereocenters. The third-order valence-electron chi connectivity index (χ3n) is 1.54. The molecule has 0 aromatic carbocycles. The second kappa shape index (κ2) is 5.21. The van der Waals surface area contributed by atoms with Gasteiger partial charge in [0.2, 0.25) is 12.3 Å². The van der Waals surface area contributed by atoms with E-state index in [4.69, 9.17) is 4.74 Å². The van der Waals surface area contributed by atoms with Crippen molar-refractivity contribution in [3.05, 3.63) is 23.9 Å². The Bertz CT molecular complexity index is 283. The van der Waals surface area contributed by atoms with Crippen molar-refractivity contribution in [2.24, 2.45) is 0 Å². The Labute approximate surface area is 83.3 Å². The van der Waals surface area contributed by atoms with E-state index in [1.807, 2.05) is 19.9 Å². The number of carbonyl (C=O) groups is 1. The SMILES string of the molecule is CC(C)Oc1ccc(CNC=O)cn1. The first kappa shape index (κ1) is 10.5. The van der Waals surface area contributed by atoms with Crippen molar-refractivity contribution in [2.75, 3.05) is 0 Å². The van der Waals surface area contributed by atoms with Crippen LogP contribution in [0.3, 0.4) is 0 Å². The minimum absolute atomic E-state index is 0.126. The third-order valence-corrected chi connectivity index (χ3v) is 1.54. The summed E-state index contributed by atoms with van der Waals surface area (Å²) in [5, 5.41) is 2.56. The Kier molecular flexibility index (Phi) is 3.91. The molecule has 1 N–H and O–H groups in total. The first-order valence-corrected chi connectivity index (χ1v) is 4.51. The zero-order valence-electron chi connectivity index (χ0n) is 8.36. The van der Waals surface area contributed by atoms with Crippen LogP contribution in [-0.4, -0.2) is 17.5 Å². The van der Waals surface area contributed by atoms with E-state index in [-0.39, 0.29) is 6.10 Å². The molecule has 4 heteroatoms. The average Bonchev–Trinajstić information content (AvgIpc) is 2.16. The van der Waals surface area contributed by atoms with Gasteiger partial charge in [-0.05, 0) is 19.4 Å². The van der Waals surface area contributed by atoms with Crippen molar-refractivity contribution in [1.29, 1.82) is 0 Å². The highest BCUT2D eigenvalue weighted by molar-refractivity contribution is 5.46. The number of carbonyl (C=O) groups excluding carboxylic acids is 1. The van der Waals surface area contributed by atoms with E-state index in [0.29, 0.717) is 18.8 Å². The standard InChI is InChI=1S/C10H14N2O2/c1-8(2)14-10-4-3-9(6-12-10)5-11-7-13/h3-4,6-8H,5H2,1-2H3,(H,11,13). The van der Waals surface area contributed by atoms with Crippen molar-refractivity contribution >= 4 is 6.41 Å². The fourth-order valence-corrected chi connectivity index (χ4v) is 0.986. The normalized spacial score (nSPS) is 9.93. The van der Waals surface area contributed by atoms with Crippen molar-refractivity contribution in [2.45, 2.75) is 26.5 Å². The van der Waals surface area contributed by atoms with Gasteiger partial charge in [0, 0.05) is 18.8 Å². The van der Waals surface area contributed by atoms with Crippen LogP contribution in [0.1, 0.15) is 19.4 Å². The van der Waals surface area contributed by atoms with E-state index < -0.39 is 0 Å². The third kappa shape index (κ3) is 3.43. The molecule has 76 valence electrons. The molecule has 0 saturated heterocycles. The van der Waals surface area contributed by atoms with Crippen LogP contribution in [0, 0.1) is 0 Å². The molecular weight excluding hydrogens is 180 g/mol. The van der Waals surface area contributed by atoms with Crippen LogP contribution in [0.4, 0.5) is 0 Å². The van der Waals surface area contributed by atoms with Gasteiger partial charge in [-0.15, -0.1) is 0 Å². The van der Waals surface area contributed by atoms with Crippen LogP contribution in [-0.2, 0) is 11.3 Å². The Balaban J connectivity index is 2.54. The number of hydrogen-bond donors (Lipinski definition) is 1. The van der Waals surface area contributed by atoms with E-state index in [2.05, 4.69) is 10.3 Å². The highest BCUT2D eigenvalue weighted by Crippen LogP contribution is 2.08. The number of pyridine rings is 1. The van der Waals surface area contributed by atoms with Gasteiger partial charge in [0.15, 0.2) is 0 Å². The molecule has 0 aliphatic rings. The lowest BCUT2D eigenvalue weighted by atomic mass is 10.3. The molecule has 0 fully saturated rings. The van der Waals surface area contributed by atoms with E-state index in [0.717, 1.165) is 5.56 Å². The van der Waals surface area contributed by atoms with Gasteiger partial charge in [-0.25, -0.2) is 4.98 Å². The maximum atomic E-state index is 10.0. The summed E-state index contributed by atoms with van der Waals surface area (Å²) in [6.07, 6.45) is 2.48. The van der Waals surface area contributed by atoms with Gasteiger partial charge in [-0.2, -0.15) is 0 Å². The number of rotatable bonds is 5. The molecule has 0 radical (unpaired) electrons. The van der Waals surface area contributed by atoms with Gasteiger partial charge in [-0.1, -0.05) is 6.07 Å². The lowest BCUT2D eigenvalue weighted by molar-refractivity contribution is -0.109. The monoisotopic (exact) mass is 194 g/mol. The van der Waals surface area contributed by atoms with Gasteiger partial charge < -0.3 is 10.1 Å². The van der Waals surface area contributed by atoms with Crippen molar-refractivity contribution in [3.8, 4) is 5.88 Å². The molecule has 1 rings (SSSR count). The van der Waals surface area contributed by atoms with Crippen LogP contribution in [0.5, 0.6) is 5.88 Å². The number of ether oxygens (including phenoxy) is 1. The van der Waals surface area contributed by atoms with Crippen LogP contribution < -0.4 is 10.1 Å². The smallest absolute Gasteiger partial charge is 0.213 e. The quantitative estimate of drug-likeness (QED) is 0.714. The highest BCUT2D eigenvalue weighted by atomic mass is 16.5. The maximum absolute atomic E-state index is 10.0. The first-order valence-electron chi connectivity index (χ1n) is 4.51. The van der Waals surface area contributed by atoms with Crippen LogP contribution >= 0.6 is 0 Å². The summed E-state index contributed by atoms with van der Waals surface area (Å²) in [6.45, 7) is 4.39. The van der Waals surface area contributed by atoms with Gasteiger partial charge in [0.05, 0.1) is 6.10 Å². The van der Waals surface area contributed by atoms with Crippen LogP contribution in [0.2, 0.25) is 0 Å². The Morgan fingerprint density at radius 1 is 1.57 bits per heavy atom. The predicted octanol–water partition coefficient (Wildman–Crippen LogP) is 1.11. The van der Waals surface area contributed by atoms with Gasteiger partial charge in [0.1, 0.15) is 0 Å². The lowest BCUT2D eigenvalue weighted by Gasteiger charge is -2.08. The summed E-state index contributed by atoms with van der Waals surface area (Å²) in [4.78, 5) is 14.1. The van der Waals surface area contributed by atoms with E-state index in [1.165, 1.54) is 0 Å². The number of nitrogens with zero attached hydrogens (tertiary/aromatic N) is 1. The number of hydrogen-bond acceptors (Lipinski definition) is 3. The van der Waals surface area contributed by atoms with Gasteiger partial charge in [-0.3, -0.25) is 4.79 Å². The number of aromatic nitrogens is 1. The average molecular weight is 194 g/mol. The molecule has 0 aliphatic carbocycles. The molecule has 1 aromatic rings. The number of nitrogens with one attached hydrogen (secondary N) is 1. The van der Waals surface area contributed by atoms with E-state index in [1.54, 1.807) is 12.3 Å². The summed E-state index contributed by atoms with van der Waals surface area (Å²) < 4.78 is 5.37. The van der Waals surface area contributed by atoms with Crippen molar-refractivity contribution in [3.63, 3.8) is 0 Å². The van der Waals surface area contributed by atoms with Crippen molar-refractivity contribution < 1.29 is 9.53 Å². The Morgan fingerprint density at radius 2 is 2.36 bits per heavy atom. The largest absolute Gasteiger partial charge is 0.475 e. The second-order valence-electron chi connectivity index (χ2n) is 3.17. The van der Waals surface area contributed by atoms with Crippen LogP contribution in [0.25, 0.3) is 0 Å². The summed E-state index contributed by atoms with van der Waals surface area (Å²) in [5.41, 5.74) is 0.952. The summed E-state index contributed by atoms with van der Waals surface area (Å²) in [5.74, 6) is 0.606. The molecule has 0 spiro atoms. The lowest BCUT2D eigenvalue weighted by Crippen LogP contribution is -2.10. The second-order valence-corrected chi connectivity index (χ2v) is 3.17. The zero-order chi connectivity index (χ0) is 10.4. The molecular formula is C10H14N2O2. The minimum Gasteiger partial charge on any atom is -0.475 e. The molecule has 0 saturated carbocycles. The molecule has 1 aromatic heterocycles. The Hall–Kier alpha value is -1.58. The molecule has 4 nitrogen and oxygen atoms in total. The first-order chi connectivity index (χ1) is 6.72. The number of amides is 1. The van der Waals surface area contributed by atoms with Gasteiger partial charge >= 0.3 is 0 Å². The topological polar surface area (TPSA) is 51.2 Å². The highest BCUT2D eigenvalue weighted by Gasteiger charge is 1.98. The Morgan fingerprint density at radius 3 is 2.86 bits per heavy atom. The predicted molar refractivity (Wildman–Crippen MR) is 52.9 cm³/mol.